The van der Waals surface area contributed by atoms with Crippen molar-refractivity contribution < 1.29 is 4.42 Å². The van der Waals surface area contributed by atoms with Gasteiger partial charge in [0.25, 0.3) is 0 Å². The lowest BCUT2D eigenvalue weighted by atomic mass is 10.0. The zero-order chi connectivity index (χ0) is 34.1. The number of aromatic nitrogens is 1. The van der Waals surface area contributed by atoms with Crippen LogP contribution in [0.5, 0.6) is 0 Å². The highest BCUT2D eigenvalue weighted by Crippen LogP contribution is 2.45. The van der Waals surface area contributed by atoms with E-state index in [4.69, 9.17) is 4.42 Å². The molecule has 0 radical (unpaired) electrons. The summed E-state index contributed by atoms with van der Waals surface area (Å²) in [5.74, 6) is 0. The molecule has 0 aliphatic carbocycles. The molecule has 0 unspecified atom stereocenters. The number of anilines is 3. The fourth-order valence-corrected chi connectivity index (χ4v) is 7.93. The smallest absolute Gasteiger partial charge is 0.135 e. The van der Waals surface area contributed by atoms with Crippen LogP contribution in [0.1, 0.15) is 11.3 Å². The zero-order valence-corrected chi connectivity index (χ0v) is 27.9. The number of hydrogen-bond donors (Lipinski definition) is 0. The second-order valence-corrected chi connectivity index (χ2v) is 13.1. The maximum absolute atomic E-state index is 6.11. The summed E-state index contributed by atoms with van der Waals surface area (Å²) in [7, 11) is 0. The van der Waals surface area contributed by atoms with Gasteiger partial charge in [-0.05, 0) is 89.0 Å². The third-order valence-corrected chi connectivity index (χ3v) is 10.3. The average molecular weight is 653 g/mol. The van der Waals surface area contributed by atoms with Gasteiger partial charge in [-0.15, -0.1) is 0 Å². The second kappa shape index (κ2) is 11.4. The molecule has 0 aliphatic heterocycles. The molecular formula is C48H32N2O. The number of fused-ring (bicyclic) bond motifs is 6. The van der Waals surface area contributed by atoms with E-state index < -0.39 is 0 Å². The Morgan fingerprint density at radius 3 is 1.76 bits per heavy atom. The van der Waals surface area contributed by atoms with Crippen LogP contribution in [0.4, 0.5) is 17.1 Å². The molecule has 3 heterocycles. The van der Waals surface area contributed by atoms with Crippen LogP contribution in [-0.4, -0.2) is 4.40 Å². The van der Waals surface area contributed by atoms with Gasteiger partial charge in [-0.25, -0.2) is 0 Å². The van der Waals surface area contributed by atoms with Crippen LogP contribution in [0.3, 0.4) is 0 Å². The topological polar surface area (TPSA) is 20.8 Å². The van der Waals surface area contributed by atoms with Gasteiger partial charge in [0.2, 0.25) is 0 Å². The van der Waals surface area contributed by atoms with Crippen LogP contribution in [0.25, 0.3) is 83.5 Å². The first kappa shape index (κ1) is 29.1. The van der Waals surface area contributed by atoms with Crippen molar-refractivity contribution in [1.29, 1.82) is 0 Å². The molecular weight excluding hydrogens is 621 g/mol. The predicted octanol–water partition coefficient (Wildman–Crippen LogP) is 13.7. The number of nitrogens with zero attached hydrogens (tertiary/aromatic N) is 2. The van der Waals surface area contributed by atoms with E-state index in [0.29, 0.717) is 0 Å². The van der Waals surface area contributed by atoms with Gasteiger partial charge in [0, 0.05) is 49.6 Å². The van der Waals surface area contributed by atoms with Gasteiger partial charge in [0.15, 0.2) is 0 Å². The molecule has 3 heteroatoms. The molecule has 0 fully saturated rings. The summed E-state index contributed by atoms with van der Waals surface area (Å²) in [6, 6.07) is 56.3. The first-order valence-electron chi connectivity index (χ1n) is 17.2. The molecule has 0 N–H and O–H groups in total. The van der Waals surface area contributed by atoms with Crippen molar-refractivity contribution in [2.24, 2.45) is 0 Å². The lowest BCUT2D eigenvalue weighted by Gasteiger charge is -2.26. The van der Waals surface area contributed by atoms with E-state index in [-0.39, 0.29) is 0 Å². The van der Waals surface area contributed by atoms with Crippen molar-refractivity contribution in [3.05, 3.63) is 182 Å². The molecule has 10 aromatic rings. The predicted molar refractivity (Wildman–Crippen MR) is 217 cm³/mol. The minimum Gasteiger partial charge on any atom is -0.456 e. The Labute approximate surface area is 295 Å². The van der Waals surface area contributed by atoms with Crippen LogP contribution in [0.15, 0.2) is 175 Å². The highest BCUT2D eigenvalue weighted by molar-refractivity contribution is 6.19. The highest BCUT2D eigenvalue weighted by atomic mass is 16.3. The number of benzene rings is 7. The largest absolute Gasteiger partial charge is 0.456 e. The Morgan fingerprint density at radius 1 is 0.451 bits per heavy atom. The number of rotatable bonds is 7. The lowest BCUT2D eigenvalue weighted by molar-refractivity contribution is 0.669. The molecule has 0 amide bonds. The van der Waals surface area contributed by atoms with E-state index in [2.05, 4.69) is 168 Å². The van der Waals surface area contributed by atoms with E-state index in [1.165, 1.54) is 32.9 Å². The fraction of sp³-hybridized carbons (Fsp3) is 0. The average Bonchev–Trinajstić information content (AvgIpc) is 3.84. The SMILES string of the molecule is C=Cc1c(C=C)n2c3ccccc3c3cc(N(c4ccc(-c5ccccc5)cc4)c4ccc(-c5ccc6oc7ccccc7c6c5)cc4)cc1c32. The van der Waals surface area contributed by atoms with Crippen LogP contribution in [0.2, 0.25) is 0 Å². The minimum atomic E-state index is 0.902. The lowest BCUT2D eigenvalue weighted by Crippen LogP contribution is -2.10. The summed E-state index contributed by atoms with van der Waals surface area (Å²) < 4.78 is 8.44. The quantitative estimate of drug-likeness (QED) is 0.171. The second-order valence-electron chi connectivity index (χ2n) is 13.1. The van der Waals surface area contributed by atoms with Crippen LogP contribution in [-0.2, 0) is 0 Å². The summed E-state index contributed by atoms with van der Waals surface area (Å²) in [6.45, 7) is 8.43. The van der Waals surface area contributed by atoms with Crippen LogP contribution < -0.4 is 4.90 Å². The Bertz CT molecular complexity index is 2930. The molecule has 3 nitrogen and oxygen atoms in total. The zero-order valence-electron chi connectivity index (χ0n) is 27.9. The molecule has 3 aromatic heterocycles. The molecule has 0 atom stereocenters. The van der Waals surface area contributed by atoms with E-state index in [1.54, 1.807) is 0 Å². The van der Waals surface area contributed by atoms with E-state index >= 15 is 0 Å². The van der Waals surface area contributed by atoms with Crippen molar-refractivity contribution in [2.75, 3.05) is 4.90 Å². The fourth-order valence-electron chi connectivity index (χ4n) is 7.93. The summed E-state index contributed by atoms with van der Waals surface area (Å²) in [4.78, 5) is 2.36. The Balaban J connectivity index is 1.16. The summed E-state index contributed by atoms with van der Waals surface area (Å²) in [5.41, 5.74) is 14.2. The highest BCUT2D eigenvalue weighted by Gasteiger charge is 2.23. The van der Waals surface area contributed by atoms with Gasteiger partial charge in [-0.3, -0.25) is 0 Å². The van der Waals surface area contributed by atoms with Gasteiger partial charge in [-0.2, -0.15) is 0 Å². The molecule has 10 rings (SSSR count). The number of para-hydroxylation sites is 2. The van der Waals surface area contributed by atoms with Gasteiger partial charge < -0.3 is 13.7 Å². The molecule has 0 bridgehead atoms. The Hall–Kier alpha value is -6.84. The maximum Gasteiger partial charge on any atom is 0.135 e. The van der Waals surface area contributed by atoms with E-state index in [9.17, 15) is 0 Å². The van der Waals surface area contributed by atoms with Gasteiger partial charge in [-0.1, -0.05) is 116 Å². The molecule has 0 spiro atoms. The normalized spacial score (nSPS) is 11.7. The van der Waals surface area contributed by atoms with Crippen LogP contribution >= 0.6 is 0 Å². The van der Waals surface area contributed by atoms with Crippen LogP contribution in [0, 0.1) is 0 Å². The Kier molecular flexibility index (Phi) is 6.49. The third-order valence-electron chi connectivity index (χ3n) is 10.3. The third kappa shape index (κ3) is 4.45. The summed E-state index contributed by atoms with van der Waals surface area (Å²) in [6.07, 6.45) is 3.91. The minimum absolute atomic E-state index is 0.902. The maximum atomic E-state index is 6.11. The first-order chi connectivity index (χ1) is 25.2. The van der Waals surface area contributed by atoms with Gasteiger partial charge in [0.05, 0.1) is 16.7 Å². The number of furan rings is 1. The first-order valence-corrected chi connectivity index (χ1v) is 17.2. The molecule has 0 saturated heterocycles. The summed E-state index contributed by atoms with van der Waals surface area (Å²) >= 11 is 0. The number of hydrogen-bond acceptors (Lipinski definition) is 2. The van der Waals surface area contributed by atoms with Gasteiger partial charge >= 0.3 is 0 Å². The molecule has 240 valence electrons. The van der Waals surface area contributed by atoms with Crippen molar-refractivity contribution >= 4 is 78.3 Å². The summed E-state index contributed by atoms with van der Waals surface area (Å²) in [5, 5.41) is 5.84. The monoisotopic (exact) mass is 652 g/mol. The standard InChI is InChI=1S/C48H32N2O/c1-3-38-42-29-37(30-43-39-14-8-10-16-45(39)50(48(42)43)44(38)4-2)49(35-23-18-32(19-24-35)31-12-6-5-7-13-31)36-25-20-33(21-26-36)34-22-27-47-41(28-34)40-15-9-11-17-46(40)51-47/h3-30H,1-2H2. The van der Waals surface area contributed by atoms with Gasteiger partial charge in [0.1, 0.15) is 11.2 Å². The van der Waals surface area contributed by atoms with Crippen molar-refractivity contribution in [3.63, 3.8) is 0 Å². The molecule has 51 heavy (non-hydrogen) atoms. The van der Waals surface area contributed by atoms with Crippen molar-refractivity contribution in [2.45, 2.75) is 0 Å². The van der Waals surface area contributed by atoms with Crippen molar-refractivity contribution in [1.82, 2.24) is 4.40 Å². The molecule has 7 aromatic carbocycles. The van der Waals surface area contributed by atoms with E-state index in [1.807, 2.05) is 24.3 Å². The molecule has 0 aliphatic rings. The van der Waals surface area contributed by atoms with E-state index in [0.717, 1.165) is 66.8 Å². The Morgan fingerprint density at radius 2 is 1.04 bits per heavy atom. The molecule has 0 saturated carbocycles. The van der Waals surface area contributed by atoms with Crippen molar-refractivity contribution in [3.8, 4) is 22.3 Å².